The number of benzene rings is 2. The Balaban J connectivity index is 1.86. The topological polar surface area (TPSA) is 30.8 Å². The third kappa shape index (κ3) is 6.55. The van der Waals surface area contributed by atoms with E-state index in [2.05, 4.69) is 37.0 Å². The van der Waals surface area contributed by atoms with Gasteiger partial charge in [-0.05, 0) is 66.3 Å². The fraction of sp³-hybridized carbons (Fsp3) is 0.333. The van der Waals surface area contributed by atoms with Gasteiger partial charge in [0, 0.05) is 12.8 Å². The van der Waals surface area contributed by atoms with Gasteiger partial charge in [0.15, 0.2) is 0 Å². The fourth-order valence-corrected chi connectivity index (χ4v) is 2.29. The molecule has 2 aromatic rings. The van der Waals surface area contributed by atoms with Gasteiger partial charge in [0.2, 0.25) is 0 Å². The number of ether oxygens (including phenoxy) is 2. The molecule has 0 atom stereocenters. The molecule has 0 aliphatic carbocycles. The van der Waals surface area contributed by atoms with E-state index in [0.717, 1.165) is 43.1 Å². The molecule has 3 nitrogen and oxygen atoms in total. The first-order chi connectivity index (χ1) is 11.7. The highest BCUT2D eigenvalue weighted by molar-refractivity contribution is 5.82. The lowest BCUT2D eigenvalue weighted by Gasteiger charge is -2.06. The number of methoxy groups -OCH3 is 1. The van der Waals surface area contributed by atoms with Crippen LogP contribution in [0.5, 0.6) is 5.75 Å². The molecular formula is C21H26NO2. The van der Waals surface area contributed by atoms with Gasteiger partial charge >= 0.3 is 0 Å². The highest BCUT2D eigenvalue weighted by atomic mass is 16.5. The Kier molecular flexibility index (Phi) is 7.50. The van der Waals surface area contributed by atoms with Crippen molar-refractivity contribution in [1.82, 2.24) is 0 Å². The molecule has 0 saturated carbocycles. The summed E-state index contributed by atoms with van der Waals surface area (Å²) in [6.07, 6.45) is 3.91. The molecule has 2 rings (SSSR count). The predicted molar refractivity (Wildman–Crippen MR) is 100 cm³/mol. The number of nitrogens with zero attached hydrogens (tertiary/aromatic N) is 1. The average molecular weight is 324 g/mol. The zero-order valence-electron chi connectivity index (χ0n) is 14.8. The molecule has 0 N–H and O–H groups in total. The minimum absolute atomic E-state index is 0.756. The summed E-state index contributed by atoms with van der Waals surface area (Å²) in [7, 11) is 1.67. The Morgan fingerprint density at radius 3 is 2.58 bits per heavy atom. The quantitative estimate of drug-likeness (QED) is 0.479. The maximum Gasteiger partial charge on any atom is 0.118 e. The van der Waals surface area contributed by atoms with E-state index in [1.807, 2.05) is 36.5 Å². The van der Waals surface area contributed by atoms with E-state index >= 15 is 0 Å². The third-order valence-corrected chi connectivity index (χ3v) is 3.53. The second kappa shape index (κ2) is 9.89. The summed E-state index contributed by atoms with van der Waals surface area (Å²) in [6, 6.07) is 16.2. The van der Waals surface area contributed by atoms with Gasteiger partial charge in [-0.3, -0.25) is 4.99 Å². The minimum atomic E-state index is 0.756. The maximum absolute atomic E-state index is 5.59. The Morgan fingerprint density at radius 2 is 1.88 bits per heavy atom. The van der Waals surface area contributed by atoms with Gasteiger partial charge in [-0.2, -0.15) is 0 Å². The molecule has 0 fully saturated rings. The van der Waals surface area contributed by atoms with Crippen LogP contribution in [0.3, 0.4) is 0 Å². The molecular weight excluding hydrogens is 298 g/mol. The van der Waals surface area contributed by atoms with Crippen LogP contribution in [0, 0.1) is 5.92 Å². The first-order valence-corrected chi connectivity index (χ1v) is 8.31. The van der Waals surface area contributed by atoms with Crippen LogP contribution in [0.15, 0.2) is 53.5 Å². The van der Waals surface area contributed by atoms with Crippen molar-refractivity contribution in [2.24, 2.45) is 4.99 Å². The molecule has 0 aromatic heterocycles. The SMILES string of the molecule is COc1ccc(C=Nc2cccc(CCCOC[C](C)C)c2)cc1. The van der Waals surface area contributed by atoms with Crippen LogP contribution in [-0.4, -0.2) is 26.5 Å². The fourth-order valence-electron chi connectivity index (χ4n) is 2.29. The molecule has 127 valence electrons. The van der Waals surface area contributed by atoms with E-state index in [1.54, 1.807) is 7.11 Å². The zero-order chi connectivity index (χ0) is 17.2. The van der Waals surface area contributed by atoms with Crippen LogP contribution >= 0.6 is 0 Å². The lowest BCUT2D eigenvalue weighted by atomic mass is 10.1. The highest BCUT2D eigenvalue weighted by Crippen LogP contribution is 2.16. The van der Waals surface area contributed by atoms with Crippen LogP contribution in [0.1, 0.15) is 31.4 Å². The summed E-state index contributed by atoms with van der Waals surface area (Å²) >= 11 is 0. The number of rotatable bonds is 9. The van der Waals surface area contributed by atoms with Gasteiger partial charge in [0.05, 0.1) is 19.4 Å². The van der Waals surface area contributed by atoms with E-state index in [-0.39, 0.29) is 0 Å². The number of hydrogen-bond acceptors (Lipinski definition) is 3. The highest BCUT2D eigenvalue weighted by Gasteiger charge is 1.98. The summed E-state index contributed by atoms with van der Waals surface area (Å²) in [5.41, 5.74) is 3.32. The Morgan fingerprint density at radius 1 is 1.08 bits per heavy atom. The van der Waals surface area contributed by atoms with Crippen molar-refractivity contribution in [3.63, 3.8) is 0 Å². The lowest BCUT2D eigenvalue weighted by Crippen LogP contribution is -2.02. The molecule has 1 radical (unpaired) electrons. The first-order valence-electron chi connectivity index (χ1n) is 8.31. The van der Waals surface area contributed by atoms with Crippen LogP contribution in [0.25, 0.3) is 0 Å². The molecule has 0 aliphatic heterocycles. The average Bonchev–Trinajstić information content (AvgIpc) is 2.60. The second-order valence-corrected chi connectivity index (χ2v) is 6.06. The molecule has 0 unspecified atom stereocenters. The molecule has 3 heteroatoms. The van der Waals surface area contributed by atoms with E-state index in [0.29, 0.717) is 0 Å². The van der Waals surface area contributed by atoms with E-state index in [4.69, 9.17) is 9.47 Å². The van der Waals surface area contributed by atoms with E-state index in [9.17, 15) is 0 Å². The molecule has 24 heavy (non-hydrogen) atoms. The van der Waals surface area contributed by atoms with Gasteiger partial charge in [0.1, 0.15) is 5.75 Å². The molecule has 0 saturated heterocycles. The van der Waals surface area contributed by atoms with Gasteiger partial charge < -0.3 is 9.47 Å². The van der Waals surface area contributed by atoms with Crippen LogP contribution in [-0.2, 0) is 11.2 Å². The van der Waals surface area contributed by atoms with Crippen LogP contribution in [0.2, 0.25) is 0 Å². The van der Waals surface area contributed by atoms with E-state index < -0.39 is 0 Å². The van der Waals surface area contributed by atoms with Gasteiger partial charge in [-0.25, -0.2) is 0 Å². The minimum Gasteiger partial charge on any atom is -0.497 e. The van der Waals surface area contributed by atoms with Crippen molar-refractivity contribution < 1.29 is 9.47 Å². The summed E-state index contributed by atoms with van der Waals surface area (Å²) in [4.78, 5) is 4.56. The summed E-state index contributed by atoms with van der Waals surface area (Å²) in [5.74, 6) is 2.16. The van der Waals surface area contributed by atoms with Crippen molar-refractivity contribution in [3.8, 4) is 5.75 Å². The predicted octanol–water partition coefficient (Wildman–Crippen LogP) is 5.01. The lowest BCUT2D eigenvalue weighted by molar-refractivity contribution is 0.142. The normalized spacial score (nSPS) is 11.3. The maximum atomic E-state index is 5.59. The van der Waals surface area contributed by atoms with E-state index in [1.165, 1.54) is 11.5 Å². The Hall–Kier alpha value is -2.13. The third-order valence-electron chi connectivity index (χ3n) is 3.53. The van der Waals surface area contributed by atoms with Crippen molar-refractivity contribution in [3.05, 3.63) is 65.6 Å². The molecule has 0 heterocycles. The number of aryl methyl sites for hydroxylation is 1. The zero-order valence-corrected chi connectivity index (χ0v) is 14.8. The summed E-state index contributed by atoms with van der Waals surface area (Å²) in [6.45, 7) is 5.73. The smallest absolute Gasteiger partial charge is 0.118 e. The number of aliphatic imine (C=N–C) groups is 1. The standard InChI is InChI=1S/C21H26NO2/c1-17(2)16-24-13-5-7-18-6-4-8-20(14-18)22-15-19-9-11-21(23-3)12-10-19/h4,6,8-12,14-15H,5,7,13,16H2,1-3H3. The van der Waals surface area contributed by atoms with Crippen molar-refractivity contribution >= 4 is 11.9 Å². The summed E-state index contributed by atoms with van der Waals surface area (Å²) in [5, 5.41) is 0. The van der Waals surface area contributed by atoms with Crippen LogP contribution < -0.4 is 4.74 Å². The molecule has 0 bridgehead atoms. The number of hydrogen-bond donors (Lipinski definition) is 0. The van der Waals surface area contributed by atoms with Gasteiger partial charge in [-0.15, -0.1) is 0 Å². The second-order valence-electron chi connectivity index (χ2n) is 6.06. The van der Waals surface area contributed by atoms with Crippen molar-refractivity contribution in [2.75, 3.05) is 20.3 Å². The Labute approximate surface area is 145 Å². The molecule has 0 amide bonds. The first kappa shape index (κ1) is 18.2. The molecule has 0 spiro atoms. The van der Waals surface area contributed by atoms with Gasteiger partial charge in [-0.1, -0.05) is 26.0 Å². The van der Waals surface area contributed by atoms with Crippen LogP contribution in [0.4, 0.5) is 5.69 Å². The molecule has 0 aliphatic rings. The monoisotopic (exact) mass is 324 g/mol. The van der Waals surface area contributed by atoms with Crippen molar-refractivity contribution in [2.45, 2.75) is 26.7 Å². The Bertz CT molecular complexity index is 633. The van der Waals surface area contributed by atoms with Gasteiger partial charge in [0.25, 0.3) is 0 Å². The largest absolute Gasteiger partial charge is 0.497 e. The molecule has 2 aromatic carbocycles. The summed E-state index contributed by atoms with van der Waals surface area (Å²) < 4.78 is 10.8. The van der Waals surface area contributed by atoms with Crippen molar-refractivity contribution in [1.29, 1.82) is 0 Å².